The Bertz CT molecular complexity index is 1050. The van der Waals surface area contributed by atoms with Crippen molar-refractivity contribution in [2.45, 2.75) is 230 Å². The van der Waals surface area contributed by atoms with Crippen molar-refractivity contribution in [2.75, 3.05) is 13.2 Å². The normalized spacial score (nSPS) is 22.0. The molecule has 10 heteroatoms. The predicted octanol–water partition coefficient (Wildman–Crippen LogP) is 8.42. The Morgan fingerprint density at radius 1 is 0.632 bits per heavy atom. The van der Waals surface area contributed by atoms with Crippen LogP contribution in [0.2, 0.25) is 0 Å². The standard InChI is InChI=1S/C47H85NO9/c1-3-5-7-9-11-13-15-17-18-19-20-21-22-23-24-26-28-30-32-34-36-41(51)46(55)48-39(38-56-47-45(54)44(53)43(52)42(37-49)57-47)40(50)35-33-31-29-27-25-16-14-12-10-8-6-4-2/h5,7,11,13,25,27,33,35,39-45,47,49-54H,3-4,6,8-10,12,14-24,26,28-32,34,36-38H2,1-2H3,(H,48,55)/b7-5-,13-11-,27-25+,35-33+. The molecule has 1 saturated heterocycles. The first-order valence-electron chi connectivity index (χ1n) is 23.0. The van der Waals surface area contributed by atoms with Crippen molar-refractivity contribution in [3.8, 4) is 0 Å². The molecular weight excluding hydrogens is 723 g/mol. The molecule has 0 aromatic carbocycles. The Balaban J connectivity index is 2.38. The Hall–Kier alpha value is -1.89. The molecule has 1 amide bonds. The highest BCUT2D eigenvalue weighted by atomic mass is 16.7. The lowest BCUT2D eigenvalue weighted by molar-refractivity contribution is -0.302. The number of carbonyl (C=O) groups excluding carboxylic acids is 1. The van der Waals surface area contributed by atoms with E-state index in [-0.39, 0.29) is 6.61 Å². The molecular formula is C47H85NO9. The lowest BCUT2D eigenvalue weighted by Gasteiger charge is -2.40. The Labute approximate surface area is 346 Å². The fourth-order valence-corrected chi connectivity index (χ4v) is 6.98. The van der Waals surface area contributed by atoms with Crippen molar-refractivity contribution in [3.63, 3.8) is 0 Å². The van der Waals surface area contributed by atoms with Crippen LogP contribution in [-0.2, 0) is 14.3 Å². The van der Waals surface area contributed by atoms with E-state index in [1.165, 1.54) is 103 Å². The number of nitrogens with one attached hydrogen (secondary N) is 1. The summed E-state index contributed by atoms with van der Waals surface area (Å²) in [6.45, 7) is 3.46. The van der Waals surface area contributed by atoms with Gasteiger partial charge in [0.2, 0.25) is 5.91 Å². The summed E-state index contributed by atoms with van der Waals surface area (Å²) in [7, 11) is 0. The maximum absolute atomic E-state index is 13.0. The molecule has 0 spiro atoms. The van der Waals surface area contributed by atoms with Gasteiger partial charge in [-0.15, -0.1) is 0 Å². The Kier molecular flexibility index (Phi) is 34.6. The minimum atomic E-state index is -1.62. The molecule has 1 aliphatic heterocycles. The number of carbonyl (C=O) groups is 1. The van der Waals surface area contributed by atoms with E-state index in [1.807, 2.05) is 6.08 Å². The molecule has 10 nitrogen and oxygen atoms in total. The summed E-state index contributed by atoms with van der Waals surface area (Å²) >= 11 is 0. The third kappa shape index (κ3) is 27.5. The van der Waals surface area contributed by atoms with Gasteiger partial charge >= 0.3 is 0 Å². The zero-order valence-corrected chi connectivity index (χ0v) is 35.9. The van der Waals surface area contributed by atoms with E-state index in [2.05, 4.69) is 55.6 Å². The van der Waals surface area contributed by atoms with E-state index in [0.717, 1.165) is 44.9 Å². The molecule has 57 heavy (non-hydrogen) atoms. The van der Waals surface area contributed by atoms with Gasteiger partial charge in [-0.25, -0.2) is 0 Å². The van der Waals surface area contributed by atoms with Crippen LogP contribution in [0.3, 0.4) is 0 Å². The molecule has 0 radical (unpaired) electrons. The summed E-state index contributed by atoms with van der Waals surface area (Å²) in [5.74, 6) is -0.630. The van der Waals surface area contributed by atoms with Crippen LogP contribution >= 0.6 is 0 Å². The van der Waals surface area contributed by atoms with Gasteiger partial charge in [-0.3, -0.25) is 4.79 Å². The number of rotatable bonds is 37. The van der Waals surface area contributed by atoms with E-state index >= 15 is 0 Å². The summed E-state index contributed by atoms with van der Waals surface area (Å²) < 4.78 is 11.1. The molecule has 0 aromatic rings. The molecule has 332 valence electrons. The molecule has 1 rings (SSSR count). The van der Waals surface area contributed by atoms with Crippen LogP contribution in [0.4, 0.5) is 0 Å². The molecule has 1 fully saturated rings. The average Bonchev–Trinajstić information content (AvgIpc) is 3.21. The van der Waals surface area contributed by atoms with Crippen molar-refractivity contribution in [1.29, 1.82) is 0 Å². The van der Waals surface area contributed by atoms with Crippen LogP contribution in [-0.4, -0.2) is 98.7 Å². The number of hydrogen-bond acceptors (Lipinski definition) is 9. The van der Waals surface area contributed by atoms with Crippen LogP contribution in [0.15, 0.2) is 48.6 Å². The second kappa shape index (κ2) is 37.1. The SMILES string of the molecule is CC/C=C\C/C=C\CCCCCCCCCCCCCCCC(O)C(=O)NC(COC1OC(CO)C(O)C(O)C1O)C(O)/C=C/CC/C=C/CCCCCCCC. The van der Waals surface area contributed by atoms with Crippen molar-refractivity contribution >= 4 is 5.91 Å². The van der Waals surface area contributed by atoms with Gasteiger partial charge in [-0.1, -0.05) is 172 Å². The lowest BCUT2D eigenvalue weighted by Crippen LogP contribution is -2.60. The smallest absolute Gasteiger partial charge is 0.249 e. The van der Waals surface area contributed by atoms with Crippen LogP contribution in [0.25, 0.3) is 0 Å². The molecule has 1 heterocycles. The largest absolute Gasteiger partial charge is 0.394 e. The predicted molar refractivity (Wildman–Crippen MR) is 232 cm³/mol. The van der Waals surface area contributed by atoms with Gasteiger partial charge in [-0.05, 0) is 57.8 Å². The first kappa shape index (κ1) is 53.1. The van der Waals surface area contributed by atoms with Crippen LogP contribution in [0, 0.1) is 0 Å². The monoisotopic (exact) mass is 808 g/mol. The maximum Gasteiger partial charge on any atom is 0.249 e. The van der Waals surface area contributed by atoms with Gasteiger partial charge in [0.15, 0.2) is 6.29 Å². The first-order chi connectivity index (χ1) is 27.8. The minimum Gasteiger partial charge on any atom is -0.394 e. The fourth-order valence-electron chi connectivity index (χ4n) is 6.98. The summed E-state index contributed by atoms with van der Waals surface area (Å²) in [6.07, 6.45) is 36.3. The molecule has 0 aliphatic carbocycles. The lowest BCUT2D eigenvalue weighted by atomic mass is 9.99. The number of ether oxygens (including phenoxy) is 2. The summed E-state index contributed by atoms with van der Waals surface area (Å²) in [4.78, 5) is 13.0. The topological polar surface area (TPSA) is 169 Å². The Morgan fingerprint density at radius 3 is 1.72 bits per heavy atom. The van der Waals surface area contributed by atoms with Gasteiger partial charge < -0.3 is 45.4 Å². The number of hydrogen-bond donors (Lipinski definition) is 7. The van der Waals surface area contributed by atoms with Crippen LogP contribution in [0.1, 0.15) is 181 Å². The number of aliphatic hydroxyl groups excluding tert-OH is 6. The molecule has 0 bridgehead atoms. The molecule has 8 unspecified atom stereocenters. The highest BCUT2D eigenvalue weighted by Crippen LogP contribution is 2.22. The zero-order chi connectivity index (χ0) is 41.8. The maximum atomic E-state index is 13.0. The van der Waals surface area contributed by atoms with E-state index in [4.69, 9.17) is 9.47 Å². The molecule has 1 aliphatic rings. The second-order valence-corrected chi connectivity index (χ2v) is 15.9. The number of allylic oxidation sites excluding steroid dienone is 7. The Morgan fingerprint density at radius 2 is 1.14 bits per heavy atom. The van der Waals surface area contributed by atoms with E-state index in [9.17, 15) is 35.4 Å². The highest BCUT2D eigenvalue weighted by molar-refractivity contribution is 5.80. The van der Waals surface area contributed by atoms with Gasteiger partial charge in [0, 0.05) is 0 Å². The summed E-state index contributed by atoms with van der Waals surface area (Å²) in [5, 5.41) is 64.6. The number of amides is 1. The zero-order valence-electron chi connectivity index (χ0n) is 35.9. The van der Waals surface area contributed by atoms with Gasteiger partial charge in [0.1, 0.15) is 30.5 Å². The third-order valence-electron chi connectivity index (χ3n) is 10.7. The number of aliphatic hydroxyl groups is 6. The molecule has 0 aromatic heterocycles. The van der Waals surface area contributed by atoms with Crippen molar-refractivity contribution in [3.05, 3.63) is 48.6 Å². The van der Waals surface area contributed by atoms with Crippen LogP contribution < -0.4 is 5.32 Å². The van der Waals surface area contributed by atoms with E-state index in [0.29, 0.717) is 19.3 Å². The van der Waals surface area contributed by atoms with E-state index < -0.39 is 61.5 Å². The number of unbranched alkanes of at least 4 members (excludes halogenated alkanes) is 20. The summed E-state index contributed by atoms with van der Waals surface area (Å²) in [6, 6.07) is -0.996. The van der Waals surface area contributed by atoms with Crippen molar-refractivity contribution in [1.82, 2.24) is 5.32 Å². The van der Waals surface area contributed by atoms with Crippen molar-refractivity contribution in [2.24, 2.45) is 0 Å². The highest BCUT2D eigenvalue weighted by Gasteiger charge is 2.44. The minimum absolute atomic E-state index is 0.301. The van der Waals surface area contributed by atoms with Gasteiger partial charge in [0.25, 0.3) is 0 Å². The second-order valence-electron chi connectivity index (χ2n) is 15.9. The first-order valence-corrected chi connectivity index (χ1v) is 23.0. The third-order valence-corrected chi connectivity index (χ3v) is 10.7. The van der Waals surface area contributed by atoms with Gasteiger partial charge in [0.05, 0.1) is 25.4 Å². The average molecular weight is 808 g/mol. The fraction of sp³-hybridized carbons (Fsp3) is 0.809. The molecule has 7 N–H and O–H groups in total. The summed E-state index contributed by atoms with van der Waals surface area (Å²) in [5.41, 5.74) is 0. The quantitative estimate of drug-likeness (QED) is 0.0241. The molecule has 8 atom stereocenters. The van der Waals surface area contributed by atoms with Crippen molar-refractivity contribution < 1.29 is 44.9 Å². The van der Waals surface area contributed by atoms with Crippen LogP contribution in [0.5, 0.6) is 0 Å². The van der Waals surface area contributed by atoms with Gasteiger partial charge in [-0.2, -0.15) is 0 Å². The molecule has 0 saturated carbocycles. The van der Waals surface area contributed by atoms with E-state index in [1.54, 1.807) is 6.08 Å².